The Balaban J connectivity index is 1.50. The molecular weight excluding hydrogens is 396 g/mol. The van der Waals surface area contributed by atoms with E-state index in [0.717, 1.165) is 29.0 Å². The molecule has 1 fully saturated rings. The molecule has 0 radical (unpaired) electrons. The van der Waals surface area contributed by atoms with E-state index in [4.69, 9.17) is 16.3 Å². The molecule has 1 saturated heterocycles. The monoisotopic (exact) mass is 416 g/mol. The Bertz CT molecular complexity index is 978. The number of rotatable bonds is 5. The molecule has 3 aromatic rings. The van der Waals surface area contributed by atoms with Crippen LogP contribution in [0.4, 0.5) is 0 Å². The predicted octanol–water partition coefficient (Wildman–Crippen LogP) is 3.68. The van der Waals surface area contributed by atoms with Crippen molar-refractivity contribution in [1.29, 1.82) is 0 Å². The number of thiazole rings is 1. The summed E-state index contributed by atoms with van der Waals surface area (Å²) in [5.74, 6) is -0.111. The van der Waals surface area contributed by atoms with Crippen LogP contribution in [-0.4, -0.2) is 40.4 Å². The van der Waals surface area contributed by atoms with Crippen LogP contribution >= 0.6 is 22.9 Å². The smallest absolute Gasteiger partial charge is 0.263 e. The average molecular weight is 417 g/mol. The highest BCUT2D eigenvalue weighted by Gasteiger charge is 2.35. The fourth-order valence-corrected chi connectivity index (χ4v) is 4.53. The number of amides is 1. The molecular formula is C20H21ClN4O2S. The third-order valence-electron chi connectivity index (χ3n) is 5.16. The minimum atomic E-state index is -0.171. The summed E-state index contributed by atoms with van der Waals surface area (Å²) in [6, 6.07) is 7.90. The fraction of sp³-hybridized carbons (Fsp3) is 0.350. The molecule has 6 nitrogen and oxygen atoms in total. The first-order valence-corrected chi connectivity index (χ1v) is 10.3. The summed E-state index contributed by atoms with van der Waals surface area (Å²) in [4.78, 5) is 17.7. The van der Waals surface area contributed by atoms with Gasteiger partial charge in [-0.1, -0.05) is 23.7 Å². The number of ether oxygens (including phenoxy) is 1. The van der Waals surface area contributed by atoms with Crippen LogP contribution in [0.15, 0.2) is 42.9 Å². The molecule has 1 amide bonds. The highest BCUT2D eigenvalue weighted by Crippen LogP contribution is 2.35. The van der Waals surface area contributed by atoms with Crippen LogP contribution in [-0.2, 0) is 17.2 Å². The number of carbonyl (C=O) groups is 1. The van der Waals surface area contributed by atoms with Crippen molar-refractivity contribution in [2.24, 2.45) is 7.05 Å². The molecule has 0 bridgehead atoms. The Kier molecular flexibility index (Phi) is 5.48. The summed E-state index contributed by atoms with van der Waals surface area (Å²) in [5, 5.41) is 8.76. The van der Waals surface area contributed by atoms with Gasteiger partial charge >= 0.3 is 0 Å². The van der Waals surface area contributed by atoms with Crippen molar-refractivity contribution in [3.63, 3.8) is 0 Å². The van der Waals surface area contributed by atoms with E-state index in [2.05, 4.69) is 21.5 Å². The van der Waals surface area contributed by atoms with Crippen molar-refractivity contribution >= 4 is 28.8 Å². The van der Waals surface area contributed by atoms with Crippen molar-refractivity contribution in [2.75, 3.05) is 19.8 Å². The van der Waals surface area contributed by atoms with Gasteiger partial charge < -0.3 is 10.1 Å². The molecule has 0 saturated carbocycles. The van der Waals surface area contributed by atoms with Crippen molar-refractivity contribution < 1.29 is 9.53 Å². The number of hydrogen-bond donors (Lipinski definition) is 1. The van der Waals surface area contributed by atoms with Crippen LogP contribution in [0.2, 0.25) is 5.02 Å². The van der Waals surface area contributed by atoms with Gasteiger partial charge in [0.15, 0.2) is 0 Å². The van der Waals surface area contributed by atoms with Crippen LogP contribution < -0.4 is 5.32 Å². The van der Waals surface area contributed by atoms with Crippen LogP contribution in [0.3, 0.4) is 0 Å². The second-order valence-corrected chi connectivity index (χ2v) is 8.49. The normalized spacial score (nSPS) is 16.1. The third kappa shape index (κ3) is 3.97. The van der Waals surface area contributed by atoms with E-state index in [0.29, 0.717) is 29.7 Å². The minimum absolute atomic E-state index is 0.111. The Morgan fingerprint density at radius 2 is 2.18 bits per heavy atom. The maximum absolute atomic E-state index is 12.8. The lowest BCUT2D eigenvalue weighted by Crippen LogP contribution is -2.44. The van der Waals surface area contributed by atoms with E-state index < -0.39 is 0 Å². The van der Waals surface area contributed by atoms with E-state index in [9.17, 15) is 4.79 Å². The van der Waals surface area contributed by atoms with E-state index in [-0.39, 0.29) is 11.3 Å². The SMILES string of the molecule is Cn1cc(-c2ncc(C(=O)NCC3(c4cccc(Cl)c4)CCOCC3)s2)cn1. The summed E-state index contributed by atoms with van der Waals surface area (Å²) in [5.41, 5.74) is 1.88. The van der Waals surface area contributed by atoms with E-state index in [1.807, 2.05) is 31.4 Å². The maximum atomic E-state index is 12.8. The Labute approximate surface area is 172 Å². The number of benzene rings is 1. The highest BCUT2D eigenvalue weighted by atomic mass is 35.5. The zero-order valence-corrected chi connectivity index (χ0v) is 17.1. The number of halogens is 1. The van der Waals surface area contributed by atoms with Gasteiger partial charge in [-0.2, -0.15) is 5.10 Å². The summed E-state index contributed by atoms with van der Waals surface area (Å²) in [7, 11) is 1.86. The summed E-state index contributed by atoms with van der Waals surface area (Å²) < 4.78 is 7.28. The number of nitrogens with zero attached hydrogens (tertiary/aromatic N) is 3. The molecule has 8 heteroatoms. The van der Waals surface area contributed by atoms with Gasteiger partial charge in [-0.05, 0) is 30.5 Å². The maximum Gasteiger partial charge on any atom is 0.263 e. The fourth-order valence-electron chi connectivity index (χ4n) is 3.53. The molecule has 146 valence electrons. The zero-order valence-electron chi connectivity index (χ0n) is 15.5. The lowest BCUT2D eigenvalue weighted by Gasteiger charge is -2.38. The molecule has 28 heavy (non-hydrogen) atoms. The van der Waals surface area contributed by atoms with Crippen molar-refractivity contribution in [3.8, 4) is 10.6 Å². The van der Waals surface area contributed by atoms with Gasteiger partial charge in [0, 0.05) is 49.0 Å². The largest absolute Gasteiger partial charge is 0.381 e. The molecule has 1 aromatic carbocycles. The molecule has 1 aliphatic rings. The average Bonchev–Trinajstić information content (AvgIpc) is 3.36. The Hall–Kier alpha value is -2.22. The topological polar surface area (TPSA) is 69.0 Å². The standard InChI is InChI=1S/C20H21ClN4O2S/c1-25-12-14(10-24-25)19-22-11-17(28-19)18(26)23-13-20(5-7-27-8-6-20)15-3-2-4-16(21)9-15/h2-4,9-12H,5-8,13H2,1H3,(H,23,26). The molecule has 4 rings (SSSR count). The number of hydrogen-bond acceptors (Lipinski definition) is 5. The number of aromatic nitrogens is 3. The zero-order chi connectivity index (χ0) is 19.6. The summed E-state index contributed by atoms with van der Waals surface area (Å²) >= 11 is 7.58. The minimum Gasteiger partial charge on any atom is -0.381 e. The van der Waals surface area contributed by atoms with Gasteiger partial charge in [-0.3, -0.25) is 9.48 Å². The van der Waals surface area contributed by atoms with Gasteiger partial charge in [-0.15, -0.1) is 11.3 Å². The Morgan fingerprint density at radius 3 is 2.89 bits per heavy atom. The van der Waals surface area contributed by atoms with Gasteiger partial charge in [0.05, 0.1) is 12.4 Å². The van der Waals surface area contributed by atoms with Crippen molar-refractivity contribution in [1.82, 2.24) is 20.1 Å². The first-order chi connectivity index (χ1) is 13.6. The van der Waals surface area contributed by atoms with Gasteiger partial charge in [0.2, 0.25) is 0 Å². The molecule has 1 aliphatic heterocycles. The first-order valence-electron chi connectivity index (χ1n) is 9.13. The van der Waals surface area contributed by atoms with Crippen molar-refractivity contribution in [2.45, 2.75) is 18.3 Å². The highest BCUT2D eigenvalue weighted by molar-refractivity contribution is 7.16. The quantitative estimate of drug-likeness (QED) is 0.688. The molecule has 1 N–H and O–H groups in total. The number of aryl methyl sites for hydroxylation is 1. The van der Waals surface area contributed by atoms with Gasteiger partial charge in [-0.25, -0.2) is 4.98 Å². The van der Waals surface area contributed by atoms with E-state index >= 15 is 0 Å². The summed E-state index contributed by atoms with van der Waals surface area (Å²) in [6.07, 6.45) is 6.94. The van der Waals surface area contributed by atoms with Crippen LogP contribution in [0.1, 0.15) is 28.1 Å². The van der Waals surface area contributed by atoms with Crippen LogP contribution in [0.25, 0.3) is 10.6 Å². The predicted molar refractivity (Wildman–Crippen MR) is 110 cm³/mol. The van der Waals surface area contributed by atoms with E-state index in [1.165, 1.54) is 11.3 Å². The second kappa shape index (κ2) is 8.03. The number of carbonyl (C=O) groups excluding carboxylic acids is 1. The molecule has 0 unspecified atom stereocenters. The van der Waals surface area contributed by atoms with E-state index in [1.54, 1.807) is 17.1 Å². The van der Waals surface area contributed by atoms with Crippen LogP contribution in [0.5, 0.6) is 0 Å². The van der Waals surface area contributed by atoms with Gasteiger partial charge in [0.25, 0.3) is 5.91 Å². The number of nitrogens with one attached hydrogen (secondary N) is 1. The Morgan fingerprint density at radius 1 is 1.36 bits per heavy atom. The summed E-state index contributed by atoms with van der Waals surface area (Å²) in [6.45, 7) is 1.89. The molecule has 2 aromatic heterocycles. The lowest BCUT2D eigenvalue weighted by atomic mass is 9.74. The molecule has 0 atom stereocenters. The third-order valence-corrected chi connectivity index (χ3v) is 6.44. The lowest BCUT2D eigenvalue weighted by molar-refractivity contribution is 0.0487. The first kappa shape index (κ1) is 19.1. The second-order valence-electron chi connectivity index (χ2n) is 7.02. The van der Waals surface area contributed by atoms with Crippen molar-refractivity contribution in [3.05, 3.63) is 58.3 Å². The molecule has 0 spiro atoms. The van der Waals surface area contributed by atoms with Crippen LogP contribution in [0, 0.1) is 0 Å². The van der Waals surface area contributed by atoms with Gasteiger partial charge in [0.1, 0.15) is 9.88 Å². The molecule has 3 heterocycles. The molecule has 0 aliphatic carbocycles.